The van der Waals surface area contributed by atoms with Gasteiger partial charge >= 0.3 is 0 Å². The second-order valence-electron chi connectivity index (χ2n) is 4.70. The maximum Gasteiger partial charge on any atom is 0.282 e. The highest BCUT2D eigenvalue weighted by Crippen LogP contribution is 2.33. The molecular formula is C16H14IN3O5. The molecule has 0 atom stereocenters. The Hall–Kier alpha value is -2.69. The second kappa shape index (κ2) is 8.42. The van der Waals surface area contributed by atoms with Crippen molar-refractivity contribution in [3.63, 3.8) is 0 Å². The summed E-state index contributed by atoms with van der Waals surface area (Å²) in [7, 11) is 2.81. The molecular weight excluding hydrogens is 441 g/mol. The van der Waals surface area contributed by atoms with E-state index in [9.17, 15) is 14.9 Å². The van der Waals surface area contributed by atoms with Gasteiger partial charge in [-0.3, -0.25) is 14.9 Å². The molecule has 0 unspecified atom stereocenters. The van der Waals surface area contributed by atoms with Gasteiger partial charge in [0.25, 0.3) is 11.6 Å². The van der Waals surface area contributed by atoms with Crippen molar-refractivity contribution < 1.29 is 19.2 Å². The summed E-state index contributed by atoms with van der Waals surface area (Å²) in [6, 6.07) is 9.65. The van der Waals surface area contributed by atoms with E-state index in [-0.39, 0.29) is 17.0 Å². The average molecular weight is 455 g/mol. The van der Waals surface area contributed by atoms with Crippen molar-refractivity contribution in [3.05, 3.63) is 61.2 Å². The van der Waals surface area contributed by atoms with Gasteiger partial charge in [-0.25, -0.2) is 5.43 Å². The molecule has 130 valence electrons. The van der Waals surface area contributed by atoms with Crippen LogP contribution >= 0.6 is 22.6 Å². The number of hydrogen-bond acceptors (Lipinski definition) is 6. The molecule has 0 aromatic heterocycles. The standard InChI is InChI=1S/C16H14IN3O5/c1-24-14-7-10(13(20(22)23)8-15(14)25-2)9-18-19-16(21)11-5-3-4-6-12(11)17/h3-9H,1-2H3,(H,19,21)/b18-9-. The lowest BCUT2D eigenvalue weighted by molar-refractivity contribution is -0.385. The molecule has 9 heteroatoms. The van der Waals surface area contributed by atoms with E-state index in [1.807, 2.05) is 28.7 Å². The zero-order valence-electron chi connectivity index (χ0n) is 13.4. The van der Waals surface area contributed by atoms with Gasteiger partial charge < -0.3 is 9.47 Å². The zero-order chi connectivity index (χ0) is 18.4. The molecule has 2 aromatic carbocycles. The highest BCUT2D eigenvalue weighted by Gasteiger charge is 2.18. The number of carbonyl (C=O) groups is 1. The molecule has 0 fully saturated rings. The Labute approximate surface area is 157 Å². The van der Waals surface area contributed by atoms with Crippen LogP contribution in [0.5, 0.6) is 11.5 Å². The number of nitro groups is 1. The number of amides is 1. The Bertz CT molecular complexity index is 839. The third kappa shape index (κ3) is 4.44. The van der Waals surface area contributed by atoms with E-state index in [2.05, 4.69) is 10.5 Å². The molecule has 2 rings (SSSR count). The van der Waals surface area contributed by atoms with Crippen molar-refractivity contribution >= 4 is 40.4 Å². The fourth-order valence-electron chi connectivity index (χ4n) is 2.01. The third-order valence-electron chi connectivity index (χ3n) is 3.22. The van der Waals surface area contributed by atoms with Crippen molar-refractivity contribution in [2.75, 3.05) is 14.2 Å². The molecule has 0 aliphatic heterocycles. The largest absolute Gasteiger partial charge is 0.493 e. The van der Waals surface area contributed by atoms with Crippen molar-refractivity contribution in [1.29, 1.82) is 0 Å². The van der Waals surface area contributed by atoms with E-state index < -0.39 is 10.8 Å². The Balaban J connectivity index is 2.26. The first-order chi connectivity index (χ1) is 12.0. The first kappa shape index (κ1) is 18.6. The Kier molecular flexibility index (Phi) is 6.28. The highest BCUT2D eigenvalue weighted by molar-refractivity contribution is 14.1. The Morgan fingerprint density at radius 3 is 2.48 bits per heavy atom. The van der Waals surface area contributed by atoms with Gasteiger partial charge in [-0.1, -0.05) is 12.1 Å². The number of hydrazone groups is 1. The quantitative estimate of drug-likeness (QED) is 0.312. The molecule has 1 amide bonds. The number of halogens is 1. The maximum atomic E-state index is 12.1. The van der Waals surface area contributed by atoms with E-state index >= 15 is 0 Å². The molecule has 25 heavy (non-hydrogen) atoms. The first-order valence-electron chi connectivity index (χ1n) is 6.96. The Morgan fingerprint density at radius 1 is 1.24 bits per heavy atom. The second-order valence-corrected chi connectivity index (χ2v) is 5.86. The van der Waals surface area contributed by atoms with Gasteiger partial charge in [-0.2, -0.15) is 5.10 Å². The lowest BCUT2D eigenvalue weighted by Gasteiger charge is -2.08. The summed E-state index contributed by atoms with van der Waals surface area (Å²) >= 11 is 2.04. The molecule has 1 N–H and O–H groups in total. The summed E-state index contributed by atoms with van der Waals surface area (Å²) in [5.41, 5.74) is 2.77. The summed E-state index contributed by atoms with van der Waals surface area (Å²) < 4.78 is 10.9. The lowest BCUT2D eigenvalue weighted by atomic mass is 10.1. The number of nitro benzene ring substituents is 1. The average Bonchev–Trinajstić information content (AvgIpc) is 2.61. The third-order valence-corrected chi connectivity index (χ3v) is 4.16. The number of ether oxygens (including phenoxy) is 2. The molecule has 0 radical (unpaired) electrons. The van der Waals surface area contributed by atoms with Crippen molar-refractivity contribution in [2.45, 2.75) is 0 Å². The van der Waals surface area contributed by atoms with Crippen molar-refractivity contribution in [1.82, 2.24) is 5.43 Å². The van der Waals surface area contributed by atoms with Crippen LogP contribution in [-0.2, 0) is 0 Å². The van der Waals surface area contributed by atoms with E-state index in [0.29, 0.717) is 11.3 Å². The van der Waals surface area contributed by atoms with Gasteiger partial charge in [-0.05, 0) is 40.8 Å². The minimum atomic E-state index is -0.564. The molecule has 0 bridgehead atoms. The predicted octanol–water partition coefficient (Wildman–Crippen LogP) is 2.98. The van der Waals surface area contributed by atoms with Crippen LogP contribution in [0, 0.1) is 13.7 Å². The number of hydrogen-bond donors (Lipinski definition) is 1. The normalized spacial score (nSPS) is 10.5. The summed E-state index contributed by atoms with van der Waals surface area (Å²) in [5, 5.41) is 15.0. The van der Waals surface area contributed by atoms with Crippen LogP contribution in [0.3, 0.4) is 0 Å². The summed E-state index contributed by atoms with van der Waals surface area (Å²) in [4.78, 5) is 22.7. The number of nitrogens with zero attached hydrogens (tertiary/aromatic N) is 2. The molecule has 0 saturated heterocycles. The minimum Gasteiger partial charge on any atom is -0.493 e. The fourth-order valence-corrected chi connectivity index (χ4v) is 2.64. The van der Waals surface area contributed by atoms with Crippen LogP contribution in [0.1, 0.15) is 15.9 Å². The predicted molar refractivity (Wildman–Crippen MR) is 100 cm³/mol. The first-order valence-corrected chi connectivity index (χ1v) is 8.04. The molecule has 2 aromatic rings. The monoisotopic (exact) mass is 455 g/mol. The number of nitrogens with one attached hydrogen (secondary N) is 1. The molecule has 0 saturated carbocycles. The zero-order valence-corrected chi connectivity index (χ0v) is 15.5. The lowest BCUT2D eigenvalue weighted by Crippen LogP contribution is -2.18. The highest BCUT2D eigenvalue weighted by atomic mass is 127. The van der Waals surface area contributed by atoms with Gasteiger partial charge in [0.15, 0.2) is 11.5 Å². The van der Waals surface area contributed by atoms with Crippen LogP contribution in [0.25, 0.3) is 0 Å². The maximum absolute atomic E-state index is 12.1. The summed E-state index contributed by atoms with van der Waals surface area (Å²) in [6.45, 7) is 0. The number of rotatable bonds is 6. The molecule has 0 aliphatic carbocycles. The van der Waals surface area contributed by atoms with Crippen molar-refractivity contribution in [2.24, 2.45) is 5.10 Å². The molecule has 0 spiro atoms. The topological polar surface area (TPSA) is 103 Å². The van der Waals surface area contributed by atoms with Crippen molar-refractivity contribution in [3.8, 4) is 11.5 Å². The molecule has 8 nitrogen and oxygen atoms in total. The number of methoxy groups -OCH3 is 2. The number of carbonyl (C=O) groups excluding carboxylic acids is 1. The van der Waals surface area contributed by atoms with E-state index in [4.69, 9.17) is 9.47 Å². The van der Waals surface area contributed by atoms with E-state index in [1.54, 1.807) is 18.2 Å². The van der Waals surface area contributed by atoms with Crippen LogP contribution in [0.2, 0.25) is 0 Å². The molecule has 0 heterocycles. The van der Waals surface area contributed by atoms with Gasteiger partial charge in [0.1, 0.15) is 0 Å². The van der Waals surface area contributed by atoms with Crippen LogP contribution in [-0.4, -0.2) is 31.3 Å². The summed E-state index contributed by atoms with van der Waals surface area (Å²) in [5.74, 6) is 0.136. The smallest absolute Gasteiger partial charge is 0.282 e. The Morgan fingerprint density at radius 2 is 1.88 bits per heavy atom. The molecule has 0 aliphatic rings. The van der Waals surface area contributed by atoms with E-state index in [1.165, 1.54) is 32.6 Å². The van der Waals surface area contributed by atoms with Gasteiger partial charge in [0.05, 0.1) is 42.6 Å². The SMILES string of the molecule is COc1cc(/C=N\NC(=O)c2ccccc2I)c([N+](=O)[O-])cc1OC. The van der Waals surface area contributed by atoms with Crippen LogP contribution in [0.15, 0.2) is 41.5 Å². The van der Waals surface area contributed by atoms with Gasteiger partial charge in [0, 0.05) is 3.57 Å². The van der Waals surface area contributed by atoms with E-state index in [0.717, 1.165) is 3.57 Å². The van der Waals surface area contributed by atoms with Crippen LogP contribution in [0.4, 0.5) is 5.69 Å². The van der Waals surface area contributed by atoms with Gasteiger partial charge in [-0.15, -0.1) is 0 Å². The number of benzene rings is 2. The van der Waals surface area contributed by atoms with Crippen LogP contribution < -0.4 is 14.9 Å². The van der Waals surface area contributed by atoms with Gasteiger partial charge in [0.2, 0.25) is 0 Å². The fraction of sp³-hybridized carbons (Fsp3) is 0.125. The minimum absolute atomic E-state index is 0.172. The summed E-state index contributed by atoms with van der Waals surface area (Å²) in [6.07, 6.45) is 1.19.